The number of aromatic amines is 1. The van der Waals surface area contributed by atoms with Gasteiger partial charge in [0.2, 0.25) is 0 Å². The molecule has 0 saturated heterocycles. The number of rotatable bonds is 6. The number of nitrogens with zero attached hydrogens (tertiary/aromatic N) is 2. The van der Waals surface area contributed by atoms with Crippen LogP contribution in [0.2, 0.25) is 0 Å². The summed E-state index contributed by atoms with van der Waals surface area (Å²) >= 11 is 1.36. The van der Waals surface area contributed by atoms with Gasteiger partial charge in [0.25, 0.3) is 5.91 Å². The molecule has 0 aliphatic rings. The number of carbonyl (C=O) groups is 1. The molecular weight excluding hydrogens is 338 g/mol. The molecule has 3 aromatic rings. The maximum atomic E-state index is 12.5. The molecule has 3 heterocycles. The monoisotopic (exact) mass is 357 g/mol. The second kappa shape index (κ2) is 7.56. The van der Waals surface area contributed by atoms with E-state index in [1.54, 1.807) is 17.6 Å². The summed E-state index contributed by atoms with van der Waals surface area (Å²) in [7, 11) is 0. The normalized spacial score (nSPS) is 12.1. The highest BCUT2D eigenvalue weighted by Gasteiger charge is 2.19. The first-order valence-corrected chi connectivity index (χ1v) is 8.66. The van der Waals surface area contributed by atoms with Crippen LogP contribution < -0.4 is 11.1 Å². The molecule has 7 nitrogen and oxygen atoms in total. The Hall–Kier alpha value is -2.55. The van der Waals surface area contributed by atoms with Gasteiger partial charge in [0.1, 0.15) is 10.7 Å². The summed E-state index contributed by atoms with van der Waals surface area (Å²) in [5.41, 5.74) is 9.37. The number of amides is 1. The van der Waals surface area contributed by atoms with E-state index in [0.29, 0.717) is 16.4 Å². The van der Waals surface area contributed by atoms with E-state index in [4.69, 9.17) is 10.8 Å². The first-order chi connectivity index (χ1) is 12.1. The molecule has 0 aliphatic heterocycles. The van der Waals surface area contributed by atoms with Crippen LogP contribution in [0.4, 0.5) is 0 Å². The Morgan fingerprint density at radius 1 is 1.40 bits per heavy atom. The molecule has 0 saturated carbocycles. The van der Waals surface area contributed by atoms with Gasteiger partial charge in [0, 0.05) is 18.1 Å². The molecule has 0 aliphatic carbocycles. The topological polar surface area (TPSA) is 117 Å². The van der Waals surface area contributed by atoms with Crippen LogP contribution in [0.5, 0.6) is 0 Å². The lowest BCUT2D eigenvalue weighted by atomic mass is 10.2. The summed E-state index contributed by atoms with van der Waals surface area (Å²) in [6.45, 7) is 2.06. The lowest BCUT2D eigenvalue weighted by molar-refractivity contribution is 0.0933. The average molecular weight is 357 g/mol. The van der Waals surface area contributed by atoms with Gasteiger partial charge < -0.3 is 21.1 Å². The summed E-state index contributed by atoms with van der Waals surface area (Å²) in [6.07, 6.45) is 1.78. The second-order valence-corrected chi connectivity index (χ2v) is 6.49. The van der Waals surface area contributed by atoms with Crippen LogP contribution in [-0.4, -0.2) is 32.5 Å². The fourth-order valence-corrected chi connectivity index (χ4v) is 3.19. The molecule has 1 amide bonds. The third-order valence-corrected chi connectivity index (χ3v) is 4.70. The minimum Gasteiger partial charge on any atom is -0.390 e. The number of hydrogen-bond donors (Lipinski definition) is 4. The first-order valence-electron chi connectivity index (χ1n) is 7.79. The largest absolute Gasteiger partial charge is 0.390 e. The van der Waals surface area contributed by atoms with E-state index in [1.165, 1.54) is 11.3 Å². The van der Waals surface area contributed by atoms with Crippen LogP contribution in [0.25, 0.3) is 11.4 Å². The van der Waals surface area contributed by atoms with Crippen LogP contribution >= 0.6 is 11.3 Å². The predicted octanol–water partition coefficient (Wildman–Crippen LogP) is 1.76. The molecule has 0 unspecified atom stereocenters. The van der Waals surface area contributed by atoms with Crippen molar-refractivity contribution < 1.29 is 9.90 Å². The van der Waals surface area contributed by atoms with E-state index in [0.717, 1.165) is 17.0 Å². The van der Waals surface area contributed by atoms with Gasteiger partial charge in [-0.3, -0.25) is 9.78 Å². The smallest absolute Gasteiger partial charge is 0.268 e. The van der Waals surface area contributed by atoms with E-state index in [1.807, 2.05) is 25.1 Å². The van der Waals surface area contributed by atoms with Gasteiger partial charge >= 0.3 is 0 Å². The van der Waals surface area contributed by atoms with E-state index >= 15 is 0 Å². The van der Waals surface area contributed by atoms with E-state index in [2.05, 4.69) is 20.3 Å². The van der Waals surface area contributed by atoms with E-state index < -0.39 is 6.04 Å². The van der Waals surface area contributed by atoms with Gasteiger partial charge in [-0.1, -0.05) is 6.07 Å². The van der Waals surface area contributed by atoms with Crippen molar-refractivity contribution in [2.24, 2.45) is 5.73 Å². The number of aliphatic hydroxyl groups is 1. The molecule has 8 heteroatoms. The van der Waals surface area contributed by atoms with Crippen LogP contribution in [0, 0.1) is 6.92 Å². The number of hydrogen-bond acceptors (Lipinski definition) is 6. The lowest BCUT2D eigenvalue weighted by Gasteiger charge is -2.13. The number of aromatic nitrogens is 3. The number of pyridine rings is 1. The molecular formula is C17H19N5O2S. The summed E-state index contributed by atoms with van der Waals surface area (Å²) in [6, 6.07) is 6.99. The van der Waals surface area contributed by atoms with Crippen molar-refractivity contribution in [2.75, 3.05) is 6.54 Å². The molecule has 0 aromatic carbocycles. The van der Waals surface area contributed by atoms with E-state index in [9.17, 15) is 4.79 Å². The zero-order valence-corrected chi connectivity index (χ0v) is 14.5. The highest BCUT2D eigenvalue weighted by molar-refractivity contribution is 7.09. The summed E-state index contributed by atoms with van der Waals surface area (Å²) in [5.74, 6) is -0.269. The molecule has 3 aromatic heterocycles. The highest BCUT2D eigenvalue weighted by atomic mass is 32.1. The number of carbonyl (C=O) groups excluding carboxylic acids is 1. The minimum absolute atomic E-state index is 0.134. The van der Waals surface area contributed by atoms with Gasteiger partial charge in [0.05, 0.1) is 29.7 Å². The Bertz CT molecular complexity index is 856. The fourth-order valence-electron chi connectivity index (χ4n) is 2.32. The third-order valence-electron chi connectivity index (χ3n) is 3.69. The molecule has 130 valence electrons. The minimum atomic E-state index is -0.401. The van der Waals surface area contributed by atoms with E-state index in [-0.39, 0.29) is 19.1 Å². The average Bonchev–Trinajstić information content (AvgIpc) is 3.29. The Balaban J connectivity index is 1.73. The number of H-pyrrole nitrogens is 1. The predicted molar refractivity (Wildman–Crippen MR) is 96.1 cm³/mol. The molecule has 1 atom stereocenters. The standard InChI is InChI=1S/C17H19N5O2S/c1-10-2-3-12(19-7-10)13-4-5-14(21-13)16(24)22-15(6-18)17-20-11(8-23)9-25-17/h2-5,7,9,15,21,23H,6,8,18H2,1H3,(H,22,24)/t15-/m0/s1. The van der Waals surface area contributed by atoms with Crippen LogP contribution in [0.3, 0.4) is 0 Å². The van der Waals surface area contributed by atoms with Crippen molar-refractivity contribution in [3.05, 3.63) is 57.8 Å². The quantitative estimate of drug-likeness (QED) is 0.536. The third kappa shape index (κ3) is 3.93. The first kappa shape index (κ1) is 17.3. The Morgan fingerprint density at radius 3 is 2.88 bits per heavy atom. The Kier molecular flexibility index (Phi) is 5.22. The van der Waals surface area contributed by atoms with Crippen molar-refractivity contribution in [1.29, 1.82) is 0 Å². The maximum Gasteiger partial charge on any atom is 0.268 e. The molecule has 5 N–H and O–H groups in total. The molecule has 25 heavy (non-hydrogen) atoms. The summed E-state index contributed by atoms with van der Waals surface area (Å²) in [5, 5.41) is 14.4. The zero-order valence-electron chi connectivity index (χ0n) is 13.7. The molecule has 0 bridgehead atoms. The summed E-state index contributed by atoms with van der Waals surface area (Å²) < 4.78 is 0. The van der Waals surface area contributed by atoms with Crippen molar-refractivity contribution in [2.45, 2.75) is 19.6 Å². The van der Waals surface area contributed by atoms with Gasteiger partial charge in [-0.2, -0.15) is 0 Å². The molecule has 0 fully saturated rings. The number of thiazole rings is 1. The SMILES string of the molecule is Cc1ccc(-c2ccc(C(=O)N[C@@H](CN)c3nc(CO)cs3)[nH]2)nc1. The Labute approximate surface area is 149 Å². The Morgan fingerprint density at radius 2 is 2.24 bits per heavy atom. The lowest BCUT2D eigenvalue weighted by Crippen LogP contribution is -2.33. The van der Waals surface area contributed by atoms with Gasteiger partial charge in [-0.15, -0.1) is 11.3 Å². The molecule has 3 rings (SSSR count). The number of aryl methyl sites for hydroxylation is 1. The number of nitrogens with one attached hydrogen (secondary N) is 2. The fraction of sp³-hybridized carbons (Fsp3) is 0.235. The zero-order chi connectivity index (χ0) is 17.8. The van der Waals surface area contributed by atoms with Gasteiger partial charge in [-0.05, 0) is 30.7 Å². The second-order valence-electron chi connectivity index (χ2n) is 5.60. The number of aliphatic hydroxyl groups excluding tert-OH is 1. The van der Waals surface area contributed by atoms with Crippen LogP contribution in [-0.2, 0) is 6.61 Å². The van der Waals surface area contributed by atoms with Crippen molar-refractivity contribution >= 4 is 17.2 Å². The molecule has 0 spiro atoms. The molecule has 0 radical (unpaired) electrons. The van der Waals surface area contributed by atoms with Gasteiger partial charge in [0.15, 0.2) is 0 Å². The number of nitrogens with two attached hydrogens (primary N) is 1. The van der Waals surface area contributed by atoms with Crippen molar-refractivity contribution in [1.82, 2.24) is 20.3 Å². The maximum absolute atomic E-state index is 12.5. The van der Waals surface area contributed by atoms with Crippen molar-refractivity contribution in [3.8, 4) is 11.4 Å². The van der Waals surface area contributed by atoms with Crippen molar-refractivity contribution in [3.63, 3.8) is 0 Å². The van der Waals surface area contributed by atoms with Gasteiger partial charge in [-0.25, -0.2) is 4.98 Å². The van der Waals surface area contributed by atoms with Crippen LogP contribution in [0.1, 0.15) is 32.8 Å². The summed E-state index contributed by atoms with van der Waals surface area (Å²) in [4.78, 5) is 24.1. The highest BCUT2D eigenvalue weighted by Crippen LogP contribution is 2.20. The van der Waals surface area contributed by atoms with Crippen LogP contribution in [0.15, 0.2) is 35.8 Å².